The minimum atomic E-state index is -0.602. The van der Waals surface area contributed by atoms with Gasteiger partial charge in [0, 0.05) is 12.5 Å². The summed E-state index contributed by atoms with van der Waals surface area (Å²) in [5.41, 5.74) is 5.86. The Hall–Kier alpha value is -1.10. The summed E-state index contributed by atoms with van der Waals surface area (Å²) in [5, 5.41) is 0. The number of likely N-dealkylation sites (tertiary alicyclic amines) is 1. The number of esters is 1. The van der Waals surface area contributed by atoms with Crippen LogP contribution in [0.15, 0.2) is 0 Å². The second-order valence-electron chi connectivity index (χ2n) is 7.76. The van der Waals surface area contributed by atoms with Gasteiger partial charge in [-0.3, -0.25) is 4.79 Å². The smallest absolute Gasteiger partial charge is 0.328 e. The lowest BCUT2D eigenvalue weighted by atomic mass is 9.86. The van der Waals surface area contributed by atoms with Crippen molar-refractivity contribution in [1.29, 1.82) is 0 Å². The molecule has 1 aliphatic carbocycles. The molecule has 5 nitrogen and oxygen atoms in total. The van der Waals surface area contributed by atoms with Crippen molar-refractivity contribution in [1.82, 2.24) is 4.90 Å². The van der Waals surface area contributed by atoms with Crippen LogP contribution in [-0.2, 0) is 14.3 Å². The van der Waals surface area contributed by atoms with Gasteiger partial charge in [0.25, 0.3) is 0 Å². The molecule has 2 rings (SSSR count). The lowest BCUT2D eigenvalue weighted by molar-refractivity contribution is -0.154. The van der Waals surface area contributed by atoms with Gasteiger partial charge in [-0.25, -0.2) is 4.79 Å². The van der Waals surface area contributed by atoms with E-state index >= 15 is 0 Å². The van der Waals surface area contributed by atoms with Gasteiger partial charge in [0.2, 0.25) is 5.91 Å². The first kappa shape index (κ1) is 15.3. The molecule has 0 aromatic heterocycles. The van der Waals surface area contributed by atoms with E-state index < -0.39 is 12.1 Å². The van der Waals surface area contributed by atoms with Gasteiger partial charge in [-0.15, -0.1) is 0 Å². The summed E-state index contributed by atoms with van der Waals surface area (Å²) >= 11 is 0. The summed E-state index contributed by atoms with van der Waals surface area (Å²) in [7, 11) is 1.37. The van der Waals surface area contributed by atoms with Crippen LogP contribution in [0.5, 0.6) is 0 Å². The second kappa shape index (κ2) is 4.45. The Balaban J connectivity index is 2.21. The van der Waals surface area contributed by atoms with Crippen LogP contribution in [-0.4, -0.2) is 42.5 Å². The van der Waals surface area contributed by atoms with E-state index in [0.717, 1.165) is 0 Å². The fraction of sp³-hybridized carbons (Fsp3) is 0.867. The number of nitrogens with two attached hydrogens (primary N) is 1. The van der Waals surface area contributed by atoms with E-state index in [1.54, 1.807) is 4.90 Å². The molecule has 5 heteroatoms. The highest BCUT2D eigenvalue weighted by molar-refractivity contribution is 5.89. The normalized spacial score (nSPS) is 32.5. The monoisotopic (exact) mass is 282 g/mol. The largest absolute Gasteiger partial charge is 0.467 e. The predicted molar refractivity (Wildman–Crippen MR) is 75.7 cm³/mol. The Morgan fingerprint density at radius 2 is 1.90 bits per heavy atom. The zero-order valence-electron chi connectivity index (χ0n) is 13.3. The number of hydrogen-bond donors (Lipinski definition) is 1. The Kier molecular flexibility index (Phi) is 3.40. The van der Waals surface area contributed by atoms with Crippen molar-refractivity contribution < 1.29 is 14.3 Å². The molecule has 0 bridgehead atoms. The van der Waals surface area contributed by atoms with Crippen molar-refractivity contribution in [3.8, 4) is 0 Å². The number of amides is 1. The van der Waals surface area contributed by atoms with Crippen molar-refractivity contribution in [2.45, 2.75) is 46.7 Å². The minimum absolute atomic E-state index is 0.113. The minimum Gasteiger partial charge on any atom is -0.467 e. The molecule has 2 N–H and O–H groups in total. The summed E-state index contributed by atoms with van der Waals surface area (Å²) < 4.78 is 4.90. The van der Waals surface area contributed by atoms with Gasteiger partial charge in [-0.2, -0.15) is 0 Å². The van der Waals surface area contributed by atoms with Crippen LogP contribution in [0, 0.1) is 22.7 Å². The number of ether oxygens (including phenoxy) is 1. The number of carbonyl (C=O) groups is 2. The molecule has 0 spiro atoms. The van der Waals surface area contributed by atoms with Gasteiger partial charge in [0.1, 0.15) is 6.04 Å². The third kappa shape index (κ3) is 2.12. The molecule has 0 aromatic carbocycles. The first-order chi connectivity index (χ1) is 9.03. The van der Waals surface area contributed by atoms with Gasteiger partial charge in [0.15, 0.2) is 0 Å². The topological polar surface area (TPSA) is 72.6 Å². The Bertz CT molecular complexity index is 439. The number of nitrogens with zero attached hydrogens (tertiary/aromatic N) is 1. The van der Waals surface area contributed by atoms with E-state index in [-0.39, 0.29) is 28.6 Å². The molecule has 0 radical (unpaired) electrons. The predicted octanol–water partition coefficient (Wildman–Crippen LogP) is 1.02. The number of rotatable bonds is 2. The summed E-state index contributed by atoms with van der Waals surface area (Å²) in [5.74, 6) is 0.113. The number of fused-ring (bicyclic) bond motifs is 1. The third-order valence-corrected chi connectivity index (χ3v) is 5.13. The van der Waals surface area contributed by atoms with Crippen molar-refractivity contribution in [2.75, 3.05) is 13.7 Å². The molecule has 2 fully saturated rings. The van der Waals surface area contributed by atoms with E-state index in [0.29, 0.717) is 12.5 Å². The van der Waals surface area contributed by atoms with Gasteiger partial charge in [0.05, 0.1) is 13.2 Å². The lowest BCUT2D eigenvalue weighted by Crippen LogP contribution is -2.55. The fourth-order valence-electron chi connectivity index (χ4n) is 3.45. The van der Waals surface area contributed by atoms with Crippen LogP contribution in [0.4, 0.5) is 0 Å². The average Bonchev–Trinajstić information content (AvgIpc) is 2.75. The highest BCUT2D eigenvalue weighted by Crippen LogP contribution is 2.65. The highest BCUT2D eigenvalue weighted by Gasteiger charge is 2.70. The zero-order valence-corrected chi connectivity index (χ0v) is 13.3. The summed E-state index contributed by atoms with van der Waals surface area (Å²) in [6, 6.07) is -1.07. The molecule has 0 aromatic rings. The Morgan fingerprint density at radius 1 is 1.35 bits per heavy atom. The van der Waals surface area contributed by atoms with E-state index in [1.807, 2.05) is 20.8 Å². The van der Waals surface area contributed by atoms with E-state index in [9.17, 15) is 9.59 Å². The maximum absolute atomic E-state index is 12.6. The van der Waals surface area contributed by atoms with E-state index in [2.05, 4.69) is 13.8 Å². The Labute approximate surface area is 120 Å². The fourth-order valence-corrected chi connectivity index (χ4v) is 3.45. The van der Waals surface area contributed by atoms with Crippen molar-refractivity contribution >= 4 is 11.9 Å². The van der Waals surface area contributed by atoms with Gasteiger partial charge < -0.3 is 15.4 Å². The maximum atomic E-state index is 12.6. The SMILES string of the molecule is COC(=O)[C@@H]1C2C(CN1C(=O)[C@@H](N)C(C)(C)C)C2(C)C. The third-order valence-electron chi connectivity index (χ3n) is 5.13. The van der Waals surface area contributed by atoms with Gasteiger partial charge in [-0.05, 0) is 16.7 Å². The van der Waals surface area contributed by atoms with Crippen LogP contribution < -0.4 is 5.73 Å². The number of piperidine rings is 1. The molecular weight excluding hydrogens is 256 g/mol. The molecule has 1 saturated carbocycles. The van der Waals surface area contributed by atoms with Crippen LogP contribution in [0.25, 0.3) is 0 Å². The number of methoxy groups -OCH3 is 1. The van der Waals surface area contributed by atoms with Gasteiger partial charge in [-0.1, -0.05) is 34.6 Å². The van der Waals surface area contributed by atoms with E-state index in [4.69, 9.17) is 10.5 Å². The molecule has 4 atom stereocenters. The van der Waals surface area contributed by atoms with Crippen molar-refractivity contribution in [3.05, 3.63) is 0 Å². The second-order valence-corrected chi connectivity index (χ2v) is 7.76. The maximum Gasteiger partial charge on any atom is 0.328 e. The molecule has 1 heterocycles. The zero-order chi connectivity index (χ0) is 15.5. The molecule has 2 unspecified atom stereocenters. The van der Waals surface area contributed by atoms with Crippen LogP contribution >= 0.6 is 0 Å². The molecule has 1 saturated heterocycles. The molecular formula is C15H26N2O3. The number of hydrogen-bond acceptors (Lipinski definition) is 4. The standard InChI is InChI=1S/C15H26N2O3/c1-14(2,3)11(16)12(18)17-7-8-9(15(8,4)5)10(17)13(19)20-6/h8-11H,7,16H2,1-6H3/t8?,9?,10-,11+/m0/s1. The number of carbonyl (C=O) groups excluding carboxylic acids is 2. The average molecular weight is 282 g/mol. The molecule has 2 aliphatic rings. The molecule has 20 heavy (non-hydrogen) atoms. The Morgan fingerprint density at radius 3 is 2.35 bits per heavy atom. The molecule has 114 valence electrons. The first-order valence-electron chi connectivity index (χ1n) is 7.17. The first-order valence-corrected chi connectivity index (χ1v) is 7.17. The van der Waals surface area contributed by atoms with Crippen molar-refractivity contribution in [2.24, 2.45) is 28.4 Å². The van der Waals surface area contributed by atoms with Crippen LogP contribution in [0.1, 0.15) is 34.6 Å². The summed E-state index contributed by atoms with van der Waals surface area (Å²) in [4.78, 5) is 26.3. The van der Waals surface area contributed by atoms with Gasteiger partial charge >= 0.3 is 5.97 Å². The summed E-state index contributed by atoms with van der Waals surface area (Å²) in [6.45, 7) is 10.7. The quantitative estimate of drug-likeness (QED) is 0.767. The van der Waals surface area contributed by atoms with Crippen LogP contribution in [0.2, 0.25) is 0 Å². The molecule has 1 amide bonds. The van der Waals surface area contributed by atoms with Crippen molar-refractivity contribution in [3.63, 3.8) is 0 Å². The lowest BCUT2D eigenvalue weighted by Gasteiger charge is -2.35. The van der Waals surface area contributed by atoms with Crippen LogP contribution in [0.3, 0.4) is 0 Å². The van der Waals surface area contributed by atoms with E-state index in [1.165, 1.54) is 7.11 Å². The molecule has 1 aliphatic heterocycles. The highest BCUT2D eigenvalue weighted by atomic mass is 16.5. The summed E-state index contributed by atoms with van der Waals surface area (Å²) in [6.07, 6.45) is 0.